The van der Waals surface area contributed by atoms with Gasteiger partial charge in [-0.2, -0.15) is 0 Å². The van der Waals surface area contributed by atoms with Gasteiger partial charge in [0.15, 0.2) is 0 Å². The van der Waals surface area contributed by atoms with E-state index in [2.05, 4.69) is 11.2 Å². The van der Waals surface area contributed by atoms with Crippen molar-refractivity contribution >= 4 is 11.6 Å². The van der Waals surface area contributed by atoms with E-state index in [0.717, 1.165) is 5.69 Å². The second kappa shape index (κ2) is 5.11. The highest BCUT2D eigenvalue weighted by molar-refractivity contribution is 5.95. The average Bonchev–Trinajstić information content (AvgIpc) is 2.35. The van der Waals surface area contributed by atoms with Gasteiger partial charge in [0, 0.05) is 5.69 Å². The highest BCUT2D eigenvalue weighted by Gasteiger charge is 2.40. The lowest BCUT2D eigenvalue weighted by molar-refractivity contribution is -0.151. The van der Waals surface area contributed by atoms with Crippen LogP contribution in [0.1, 0.15) is 6.92 Å². The van der Waals surface area contributed by atoms with Crippen molar-refractivity contribution in [1.82, 2.24) is 0 Å². The maximum absolute atomic E-state index is 11.9. The Morgan fingerprint density at radius 2 is 2.17 bits per heavy atom. The first kappa shape index (κ1) is 12.5. The number of hydrogen-bond acceptors (Lipinski definition) is 3. The highest BCUT2D eigenvalue weighted by Crippen LogP contribution is 2.28. The number of terminal acetylenes is 1. The zero-order chi connectivity index (χ0) is 13.0. The van der Waals surface area contributed by atoms with E-state index in [4.69, 9.17) is 15.9 Å². The first-order chi connectivity index (χ1) is 8.64. The molecule has 2 rings (SSSR count). The van der Waals surface area contributed by atoms with Crippen molar-refractivity contribution in [1.29, 1.82) is 0 Å². The zero-order valence-corrected chi connectivity index (χ0v) is 10.2. The lowest BCUT2D eigenvalue weighted by atomic mass is 9.87. The molecule has 1 aliphatic rings. The van der Waals surface area contributed by atoms with Crippen LogP contribution in [-0.4, -0.2) is 25.7 Å². The second-order valence-corrected chi connectivity index (χ2v) is 4.52. The third-order valence-corrected chi connectivity index (χ3v) is 2.82. The molecule has 4 heteroatoms. The van der Waals surface area contributed by atoms with Gasteiger partial charge in [-0.15, -0.1) is 6.42 Å². The van der Waals surface area contributed by atoms with Crippen LogP contribution in [0.5, 0.6) is 5.75 Å². The Balaban J connectivity index is 1.94. The van der Waals surface area contributed by atoms with Gasteiger partial charge >= 0.3 is 0 Å². The van der Waals surface area contributed by atoms with E-state index >= 15 is 0 Å². The zero-order valence-electron chi connectivity index (χ0n) is 10.2. The molecule has 0 unspecified atom stereocenters. The third-order valence-electron chi connectivity index (χ3n) is 2.82. The topological polar surface area (TPSA) is 47.6 Å². The SMILES string of the molecule is C#CCOc1ccc(NC(=O)C2(C)COC2)cc1. The van der Waals surface area contributed by atoms with Crippen LogP contribution in [0, 0.1) is 17.8 Å². The van der Waals surface area contributed by atoms with Crippen molar-refractivity contribution in [3.8, 4) is 18.1 Å². The molecule has 94 valence electrons. The van der Waals surface area contributed by atoms with Crippen LogP contribution in [0.15, 0.2) is 24.3 Å². The van der Waals surface area contributed by atoms with Crippen molar-refractivity contribution < 1.29 is 14.3 Å². The van der Waals surface area contributed by atoms with E-state index in [1.165, 1.54) is 0 Å². The molecule has 0 saturated carbocycles. The summed E-state index contributed by atoms with van der Waals surface area (Å²) in [6.07, 6.45) is 5.10. The quantitative estimate of drug-likeness (QED) is 0.821. The number of benzene rings is 1. The lowest BCUT2D eigenvalue weighted by Crippen LogP contribution is -2.49. The van der Waals surface area contributed by atoms with E-state index in [1.54, 1.807) is 24.3 Å². The maximum atomic E-state index is 11.9. The molecular weight excluding hydrogens is 230 g/mol. The van der Waals surface area contributed by atoms with E-state index in [9.17, 15) is 4.79 Å². The molecule has 1 heterocycles. The molecule has 0 bridgehead atoms. The predicted octanol–water partition coefficient (Wildman–Crippen LogP) is 1.67. The summed E-state index contributed by atoms with van der Waals surface area (Å²) in [6, 6.07) is 7.11. The third kappa shape index (κ3) is 2.63. The molecule has 4 nitrogen and oxygen atoms in total. The number of carbonyl (C=O) groups is 1. The van der Waals surface area contributed by atoms with Crippen LogP contribution in [-0.2, 0) is 9.53 Å². The van der Waals surface area contributed by atoms with Gasteiger partial charge in [0.05, 0.1) is 18.6 Å². The fourth-order valence-corrected chi connectivity index (χ4v) is 1.58. The number of nitrogens with one attached hydrogen (secondary N) is 1. The molecule has 0 radical (unpaired) electrons. The number of amides is 1. The van der Waals surface area contributed by atoms with Crippen LogP contribution in [0.3, 0.4) is 0 Å². The lowest BCUT2D eigenvalue weighted by Gasteiger charge is -2.36. The number of ether oxygens (including phenoxy) is 2. The fraction of sp³-hybridized carbons (Fsp3) is 0.357. The van der Waals surface area contributed by atoms with Gasteiger partial charge in [0.1, 0.15) is 12.4 Å². The Hall–Kier alpha value is -1.99. The number of carbonyl (C=O) groups excluding carboxylic acids is 1. The number of hydrogen-bond donors (Lipinski definition) is 1. The minimum absolute atomic E-state index is 0.0222. The van der Waals surface area contributed by atoms with Crippen molar-refractivity contribution in [2.45, 2.75) is 6.92 Å². The summed E-state index contributed by atoms with van der Waals surface area (Å²) in [5.74, 6) is 3.05. The summed E-state index contributed by atoms with van der Waals surface area (Å²) < 4.78 is 10.3. The highest BCUT2D eigenvalue weighted by atomic mass is 16.5. The molecule has 0 atom stereocenters. The van der Waals surface area contributed by atoms with Crippen LogP contribution >= 0.6 is 0 Å². The standard InChI is InChI=1S/C14H15NO3/c1-3-8-18-12-6-4-11(5-7-12)15-13(16)14(2)9-17-10-14/h1,4-7H,8-10H2,2H3,(H,15,16). The smallest absolute Gasteiger partial charge is 0.234 e. The summed E-state index contributed by atoms with van der Waals surface area (Å²) in [6.45, 7) is 3.07. The van der Waals surface area contributed by atoms with E-state index in [-0.39, 0.29) is 12.5 Å². The van der Waals surface area contributed by atoms with Crippen LogP contribution in [0.2, 0.25) is 0 Å². The van der Waals surface area contributed by atoms with Gasteiger partial charge in [0.2, 0.25) is 5.91 Å². The van der Waals surface area contributed by atoms with E-state index in [1.807, 2.05) is 6.92 Å². The molecule has 1 aliphatic heterocycles. The van der Waals surface area contributed by atoms with Crippen molar-refractivity contribution in [2.75, 3.05) is 25.1 Å². The molecule has 1 aromatic carbocycles. The normalized spacial score (nSPS) is 16.2. The Bertz CT molecular complexity index is 469. The molecule has 1 fully saturated rings. The summed E-state index contributed by atoms with van der Waals surface area (Å²) in [5, 5.41) is 2.85. The van der Waals surface area contributed by atoms with Crippen LogP contribution in [0.4, 0.5) is 5.69 Å². The summed E-state index contributed by atoms with van der Waals surface area (Å²) in [4.78, 5) is 11.9. The Morgan fingerprint density at radius 3 is 2.67 bits per heavy atom. The van der Waals surface area contributed by atoms with Gasteiger partial charge in [-0.05, 0) is 31.2 Å². The molecule has 0 aliphatic carbocycles. The van der Waals surface area contributed by atoms with E-state index < -0.39 is 5.41 Å². The molecule has 1 aromatic rings. The summed E-state index contributed by atoms with van der Waals surface area (Å²) in [5.41, 5.74) is 0.333. The molecule has 1 saturated heterocycles. The summed E-state index contributed by atoms with van der Waals surface area (Å²) >= 11 is 0. The van der Waals surface area contributed by atoms with Crippen LogP contribution in [0.25, 0.3) is 0 Å². The molecule has 1 N–H and O–H groups in total. The Kier molecular flexibility index (Phi) is 3.54. The number of rotatable bonds is 4. The maximum Gasteiger partial charge on any atom is 0.234 e. The van der Waals surface area contributed by atoms with E-state index in [0.29, 0.717) is 19.0 Å². The van der Waals surface area contributed by atoms with Gasteiger partial charge in [0.25, 0.3) is 0 Å². The van der Waals surface area contributed by atoms with Crippen molar-refractivity contribution in [3.63, 3.8) is 0 Å². The van der Waals surface area contributed by atoms with Gasteiger partial charge in [-0.25, -0.2) is 0 Å². The minimum atomic E-state index is -0.404. The molecule has 1 amide bonds. The predicted molar refractivity (Wildman–Crippen MR) is 68.3 cm³/mol. The summed E-state index contributed by atoms with van der Waals surface area (Å²) in [7, 11) is 0. The average molecular weight is 245 g/mol. The Morgan fingerprint density at radius 1 is 1.50 bits per heavy atom. The van der Waals surface area contributed by atoms with Crippen molar-refractivity contribution in [2.24, 2.45) is 5.41 Å². The van der Waals surface area contributed by atoms with Crippen molar-refractivity contribution in [3.05, 3.63) is 24.3 Å². The molecular formula is C14H15NO3. The number of anilines is 1. The van der Waals surface area contributed by atoms with Crippen LogP contribution < -0.4 is 10.1 Å². The monoisotopic (exact) mass is 245 g/mol. The van der Waals surface area contributed by atoms with Gasteiger partial charge in [-0.1, -0.05) is 5.92 Å². The minimum Gasteiger partial charge on any atom is -0.481 e. The van der Waals surface area contributed by atoms with Gasteiger partial charge < -0.3 is 14.8 Å². The molecule has 18 heavy (non-hydrogen) atoms. The first-order valence-electron chi connectivity index (χ1n) is 5.69. The Labute approximate surface area is 106 Å². The first-order valence-corrected chi connectivity index (χ1v) is 5.69. The van der Waals surface area contributed by atoms with Gasteiger partial charge in [-0.3, -0.25) is 4.79 Å². The largest absolute Gasteiger partial charge is 0.481 e. The molecule has 0 aromatic heterocycles. The second-order valence-electron chi connectivity index (χ2n) is 4.52. The molecule has 0 spiro atoms. The fourth-order valence-electron chi connectivity index (χ4n) is 1.58.